The quantitative estimate of drug-likeness (QED) is 0.506. The number of hydrogen-bond acceptors (Lipinski definition) is 0. The van der Waals surface area contributed by atoms with Crippen LogP contribution in [-0.2, 0) is 7.05 Å². The Morgan fingerprint density at radius 1 is 0.783 bits per heavy atom. The van der Waals surface area contributed by atoms with Gasteiger partial charge in [0, 0.05) is 29.6 Å². The van der Waals surface area contributed by atoms with Crippen molar-refractivity contribution in [3.8, 4) is 0 Å². The van der Waals surface area contributed by atoms with Gasteiger partial charge < -0.3 is 4.57 Å². The van der Waals surface area contributed by atoms with E-state index in [0.29, 0.717) is 0 Å². The van der Waals surface area contributed by atoms with Gasteiger partial charge in [0.15, 0.2) is 0 Å². The van der Waals surface area contributed by atoms with E-state index in [0.717, 1.165) is 0 Å². The summed E-state index contributed by atoms with van der Waals surface area (Å²) in [7, 11) is 2.08. The van der Waals surface area contributed by atoms with Gasteiger partial charge >= 0.3 is 0 Å². The number of hydrogen-bond donors (Lipinski definition) is 0. The molecule has 1 aromatic heterocycles. The van der Waals surface area contributed by atoms with Crippen molar-refractivity contribution in [1.82, 2.24) is 4.57 Å². The van der Waals surface area contributed by atoms with Crippen molar-refractivity contribution in [3.63, 3.8) is 0 Å². The summed E-state index contributed by atoms with van der Waals surface area (Å²) in [6.45, 7) is 23.9. The predicted molar refractivity (Wildman–Crippen MR) is 112 cm³/mol. The fourth-order valence-corrected chi connectivity index (χ4v) is 1.75. The maximum atomic E-state index is 3.70. The first kappa shape index (κ1) is 26.2. The van der Waals surface area contributed by atoms with Gasteiger partial charge in [-0.15, -0.1) is 0 Å². The molecule has 0 saturated carbocycles. The van der Waals surface area contributed by atoms with Gasteiger partial charge in [0.05, 0.1) is 0 Å². The van der Waals surface area contributed by atoms with Gasteiger partial charge in [0.25, 0.3) is 0 Å². The Morgan fingerprint density at radius 2 is 1.04 bits per heavy atom. The second-order valence-electron chi connectivity index (χ2n) is 4.45. The average Bonchev–Trinajstić information content (AvgIpc) is 2.79. The smallest absolute Gasteiger partial charge is 0.0222 e. The lowest BCUT2D eigenvalue weighted by Gasteiger charge is -1.98. The van der Waals surface area contributed by atoms with E-state index >= 15 is 0 Å². The second-order valence-corrected chi connectivity index (χ2v) is 4.45. The Bertz CT molecular complexity index is 429. The van der Waals surface area contributed by atoms with E-state index in [2.05, 4.69) is 64.6 Å². The minimum absolute atomic E-state index is 1.25. The van der Waals surface area contributed by atoms with E-state index in [1.807, 2.05) is 39.8 Å². The van der Waals surface area contributed by atoms with E-state index in [9.17, 15) is 0 Å². The lowest BCUT2D eigenvalue weighted by molar-refractivity contribution is 0.842. The van der Waals surface area contributed by atoms with Crippen molar-refractivity contribution in [1.29, 1.82) is 0 Å². The van der Waals surface area contributed by atoms with Gasteiger partial charge in [-0.1, -0.05) is 97.6 Å². The molecule has 0 atom stereocenters. The highest BCUT2D eigenvalue weighted by molar-refractivity contribution is 5.70. The first-order chi connectivity index (χ1) is 11.0. The van der Waals surface area contributed by atoms with Crippen LogP contribution in [0.2, 0.25) is 0 Å². The summed E-state index contributed by atoms with van der Waals surface area (Å²) >= 11 is 0. The van der Waals surface area contributed by atoms with E-state index in [1.54, 1.807) is 12.2 Å². The molecule has 1 rings (SSSR count). The van der Waals surface area contributed by atoms with Crippen LogP contribution in [0.1, 0.15) is 70.5 Å². The molecule has 0 fully saturated rings. The Balaban J connectivity index is -0.000000496. The molecule has 0 aliphatic carbocycles. The first-order valence-electron chi connectivity index (χ1n) is 8.79. The molecule has 23 heavy (non-hydrogen) atoms. The van der Waals surface area contributed by atoms with Crippen LogP contribution >= 0.6 is 0 Å². The molecule has 1 aromatic rings. The van der Waals surface area contributed by atoms with Crippen molar-refractivity contribution in [2.75, 3.05) is 0 Å². The maximum Gasteiger partial charge on any atom is 0.0222 e. The fraction of sp³-hybridized carbons (Fsp3) is 0.455. The summed E-state index contributed by atoms with van der Waals surface area (Å²) in [5.41, 5.74) is 5.02. The standard InChI is InChI=1S/C15H19N.C3H8.2C2H6/c1-6-8-10-14-12(3)16(5)13(4)15(14)11-9-7-2;1-3-2;2*1-2/h6-11H,1-2H2,3-5H3;3H2,1-2H3;2*1-2H3/b10-8-,11-9-;;;. The molecule has 0 saturated heterocycles. The van der Waals surface area contributed by atoms with Crippen molar-refractivity contribution >= 4 is 12.2 Å². The third kappa shape index (κ3) is 9.78. The summed E-state index contributed by atoms with van der Waals surface area (Å²) < 4.78 is 2.20. The zero-order chi connectivity index (χ0) is 18.8. The topological polar surface area (TPSA) is 4.93 Å². The van der Waals surface area contributed by atoms with Gasteiger partial charge in [0.2, 0.25) is 0 Å². The molecule has 0 aliphatic rings. The molecule has 0 amide bonds. The molecule has 1 nitrogen and oxygen atoms in total. The average molecular weight is 318 g/mol. The van der Waals surface area contributed by atoms with Crippen molar-refractivity contribution in [2.45, 2.75) is 61.8 Å². The number of nitrogens with zero attached hydrogens (tertiary/aromatic N) is 1. The van der Waals surface area contributed by atoms with Gasteiger partial charge in [-0.2, -0.15) is 0 Å². The van der Waals surface area contributed by atoms with Crippen LogP contribution in [0.5, 0.6) is 0 Å². The van der Waals surface area contributed by atoms with Crippen LogP contribution in [0.15, 0.2) is 37.5 Å². The lowest BCUT2D eigenvalue weighted by atomic mass is 10.1. The van der Waals surface area contributed by atoms with Gasteiger partial charge in [-0.05, 0) is 13.8 Å². The highest BCUT2D eigenvalue weighted by atomic mass is 15.0. The molecule has 0 bridgehead atoms. The zero-order valence-electron chi connectivity index (χ0n) is 17.0. The molecule has 0 spiro atoms. The van der Waals surface area contributed by atoms with Crippen molar-refractivity contribution < 1.29 is 0 Å². The first-order valence-corrected chi connectivity index (χ1v) is 8.79. The minimum Gasteiger partial charge on any atom is -0.351 e. The van der Waals surface area contributed by atoms with Gasteiger partial charge in [0.1, 0.15) is 0 Å². The van der Waals surface area contributed by atoms with Crippen molar-refractivity contribution in [3.05, 3.63) is 60.0 Å². The number of allylic oxidation sites excluding steroid dienone is 4. The largest absolute Gasteiger partial charge is 0.351 e. The monoisotopic (exact) mass is 317 g/mol. The molecule has 0 N–H and O–H groups in total. The summed E-state index contributed by atoms with van der Waals surface area (Å²) in [5.74, 6) is 0. The lowest BCUT2D eigenvalue weighted by Crippen LogP contribution is -1.93. The Kier molecular flexibility index (Phi) is 20.8. The highest BCUT2D eigenvalue weighted by Crippen LogP contribution is 2.24. The Morgan fingerprint density at radius 3 is 1.26 bits per heavy atom. The summed E-state index contributed by atoms with van der Waals surface area (Å²) in [6.07, 6.45) is 13.0. The SMILES string of the molecule is C=C/C=C\c1c(/C=C\C=C)c(C)n(C)c1C.CC.CC.CCC. The van der Waals surface area contributed by atoms with Gasteiger partial charge in [-0.25, -0.2) is 0 Å². The molecule has 0 radical (unpaired) electrons. The third-order valence-electron chi connectivity index (χ3n) is 2.87. The van der Waals surface area contributed by atoms with E-state index in [-0.39, 0.29) is 0 Å². The normalized spacial score (nSPS) is 9.26. The molecule has 0 aromatic carbocycles. The van der Waals surface area contributed by atoms with Crippen LogP contribution in [0, 0.1) is 13.8 Å². The molecule has 1 heteroatoms. The van der Waals surface area contributed by atoms with Crippen LogP contribution in [0.4, 0.5) is 0 Å². The number of aromatic nitrogens is 1. The summed E-state index contributed by atoms with van der Waals surface area (Å²) in [4.78, 5) is 0. The third-order valence-corrected chi connectivity index (χ3v) is 2.87. The summed E-state index contributed by atoms with van der Waals surface area (Å²) in [5, 5.41) is 0. The molecule has 0 unspecified atom stereocenters. The highest BCUT2D eigenvalue weighted by Gasteiger charge is 2.10. The van der Waals surface area contributed by atoms with Crippen LogP contribution < -0.4 is 0 Å². The fourth-order valence-electron chi connectivity index (χ4n) is 1.75. The minimum atomic E-state index is 1.25. The van der Waals surface area contributed by atoms with E-state index in [1.165, 1.54) is 28.9 Å². The van der Waals surface area contributed by atoms with E-state index < -0.39 is 0 Å². The Labute approximate surface area is 146 Å². The van der Waals surface area contributed by atoms with Crippen LogP contribution in [-0.4, -0.2) is 4.57 Å². The molecule has 0 aliphatic heterocycles. The molecule has 1 heterocycles. The summed E-state index contributed by atoms with van der Waals surface area (Å²) in [6, 6.07) is 0. The van der Waals surface area contributed by atoms with Crippen molar-refractivity contribution in [2.24, 2.45) is 7.05 Å². The van der Waals surface area contributed by atoms with E-state index in [4.69, 9.17) is 0 Å². The van der Waals surface area contributed by atoms with Gasteiger partial charge in [-0.3, -0.25) is 0 Å². The zero-order valence-corrected chi connectivity index (χ0v) is 17.0. The van der Waals surface area contributed by atoms with Crippen LogP contribution in [0.3, 0.4) is 0 Å². The maximum absolute atomic E-state index is 3.70. The predicted octanol–water partition coefficient (Wildman–Crippen LogP) is 7.51. The Hall–Kier alpha value is -1.76. The number of rotatable bonds is 4. The molecular formula is C22H39N. The molecule has 132 valence electrons. The second kappa shape index (κ2) is 18.3. The van der Waals surface area contributed by atoms with Crippen LogP contribution in [0.25, 0.3) is 12.2 Å². The molecular weight excluding hydrogens is 278 g/mol.